The van der Waals surface area contributed by atoms with E-state index in [1.807, 2.05) is 13.8 Å². The Kier molecular flexibility index (Phi) is 5.17. The number of piperazine rings is 1. The molecule has 0 aromatic carbocycles. The van der Waals surface area contributed by atoms with Crippen molar-refractivity contribution in [3.63, 3.8) is 0 Å². The van der Waals surface area contributed by atoms with Crippen LogP contribution in [0.1, 0.15) is 26.7 Å². The van der Waals surface area contributed by atoms with E-state index >= 15 is 0 Å². The maximum atomic E-state index is 12.2. The number of hydrogen-bond donors (Lipinski definition) is 1. The Labute approximate surface area is 124 Å². The highest BCUT2D eigenvalue weighted by molar-refractivity contribution is 6.35. The molecule has 1 unspecified atom stereocenters. The fraction of sp³-hybridized carbons (Fsp3) is 0.786. The zero-order valence-corrected chi connectivity index (χ0v) is 12.6. The summed E-state index contributed by atoms with van der Waals surface area (Å²) in [5.41, 5.74) is 0. The third-order valence-electron chi connectivity index (χ3n) is 3.70. The van der Waals surface area contributed by atoms with Crippen LogP contribution in [0.5, 0.6) is 0 Å². The molecule has 3 amide bonds. The fourth-order valence-corrected chi connectivity index (χ4v) is 2.57. The van der Waals surface area contributed by atoms with Crippen LogP contribution < -0.4 is 5.32 Å². The number of nitrogens with one attached hydrogen (secondary N) is 1. The molecule has 1 N–H and O–H groups in total. The van der Waals surface area contributed by atoms with Crippen LogP contribution in [0.15, 0.2) is 0 Å². The quantitative estimate of drug-likeness (QED) is 0.688. The van der Waals surface area contributed by atoms with E-state index in [9.17, 15) is 14.4 Å². The highest BCUT2D eigenvalue weighted by Crippen LogP contribution is 2.16. The molecule has 0 bridgehead atoms. The zero-order valence-electron chi connectivity index (χ0n) is 12.6. The van der Waals surface area contributed by atoms with Gasteiger partial charge in [-0.05, 0) is 26.7 Å². The molecule has 2 rings (SSSR count). The Bertz CT molecular complexity index is 410. The van der Waals surface area contributed by atoms with Crippen LogP contribution in [0, 0.1) is 0 Å². The van der Waals surface area contributed by atoms with Gasteiger partial charge in [0.1, 0.15) is 6.10 Å². The average Bonchev–Trinajstić information content (AvgIpc) is 2.99. The molecule has 0 spiro atoms. The normalized spacial score (nSPS) is 22.5. The van der Waals surface area contributed by atoms with Crippen molar-refractivity contribution in [1.29, 1.82) is 0 Å². The monoisotopic (exact) mass is 297 g/mol. The predicted molar refractivity (Wildman–Crippen MR) is 75.4 cm³/mol. The van der Waals surface area contributed by atoms with Gasteiger partial charge >= 0.3 is 11.8 Å². The molecular formula is C14H23N3O4. The number of rotatable bonds is 2. The third kappa shape index (κ3) is 3.93. The van der Waals surface area contributed by atoms with Gasteiger partial charge in [-0.1, -0.05) is 0 Å². The molecular weight excluding hydrogens is 274 g/mol. The smallest absolute Gasteiger partial charge is 0.312 e. The fourth-order valence-electron chi connectivity index (χ4n) is 2.57. The predicted octanol–water partition coefficient (Wildman–Crippen LogP) is -0.639. The first kappa shape index (κ1) is 15.8. The first-order valence-corrected chi connectivity index (χ1v) is 7.49. The van der Waals surface area contributed by atoms with E-state index in [4.69, 9.17) is 4.74 Å². The summed E-state index contributed by atoms with van der Waals surface area (Å²) >= 11 is 0. The van der Waals surface area contributed by atoms with E-state index in [-0.39, 0.29) is 18.1 Å². The second-order valence-corrected chi connectivity index (χ2v) is 5.75. The summed E-state index contributed by atoms with van der Waals surface area (Å²) in [5.74, 6) is -1.09. The van der Waals surface area contributed by atoms with Crippen molar-refractivity contribution in [2.75, 3.05) is 32.8 Å². The molecule has 21 heavy (non-hydrogen) atoms. The lowest BCUT2D eigenvalue weighted by Gasteiger charge is -2.35. The maximum Gasteiger partial charge on any atom is 0.312 e. The van der Waals surface area contributed by atoms with Crippen LogP contribution >= 0.6 is 0 Å². The van der Waals surface area contributed by atoms with Gasteiger partial charge in [0.05, 0.1) is 0 Å². The van der Waals surface area contributed by atoms with Crippen molar-refractivity contribution in [1.82, 2.24) is 15.1 Å². The molecule has 2 fully saturated rings. The van der Waals surface area contributed by atoms with Crippen LogP contribution in [-0.2, 0) is 19.1 Å². The lowest BCUT2D eigenvalue weighted by atomic mass is 10.2. The number of hydrogen-bond acceptors (Lipinski definition) is 4. The average molecular weight is 297 g/mol. The van der Waals surface area contributed by atoms with Gasteiger partial charge in [0.25, 0.3) is 5.91 Å². The van der Waals surface area contributed by atoms with Gasteiger partial charge in [-0.3, -0.25) is 14.4 Å². The topological polar surface area (TPSA) is 79.0 Å². The van der Waals surface area contributed by atoms with Crippen molar-refractivity contribution in [2.24, 2.45) is 0 Å². The van der Waals surface area contributed by atoms with Crippen molar-refractivity contribution in [3.8, 4) is 0 Å². The minimum Gasteiger partial charge on any atom is -0.368 e. The first-order valence-electron chi connectivity index (χ1n) is 7.49. The van der Waals surface area contributed by atoms with Crippen molar-refractivity contribution in [3.05, 3.63) is 0 Å². The van der Waals surface area contributed by atoms with Crippen molar-refractivity contribution in [2.45, 2.75) is 38.8 Å². The lowest BCUT2D eigenvalue weighted by molar-refractivity contribution is -0.150. The van der Waals surface area contributed by atoms with E-state index < -0.39 is 11.8 Å². The summed E-state index contributed by atoms with van der Waals surface area (Å²) in [6.07, 6.45) is 1.37. The van der Waals surface area contributed by atoms with Crippen molar-refractivity contribution < 1.29 is 19.1 Å². The second-order valence-electron chi connectivity index (χ2n) is 5.75. The number of carbonyl (C=O) groups excluding carboxylic acids is 3. The van der Waals surface area contributed by atoms with E-state index in [1.165, 1.54) is 4.90 Å². The maximum absolute atomic E-state index is 12.2. The molecule has 0 radical (unpaired) electrons. The van der Waals surface area contributed by atoms with Crippen LogP contribution in [0.25, 0.3) is 0 Å². The number of nitrogens with zero attached hydrogens (tertiary/aromatic N) is 2. The minimum absolute atomic E-state index is 0.00577. The molecule has 0 aromatic rings. The molecule has 1 atom stereocenters. The Morgan fingerprint density at radius 1 is 1.10 bits per heavy atom. The summed E-state index contributed by atoms with van der Waals surface area (Å²) in [5, 5.41) is 2.59. The zero-order chi connectivity index (χ0) is 15.4. The van der Waals surface area contributed by atoms with E-state index in [1.54, 1.807) is 4.90 Å². The summed E-state index contributed by atoms with van der Waals surface area (Å²) in [6.45, 7) is 5.96. The molecule has 0 saturated carbocycles. The van der Waals surface area contributed by atoms with Gasteiger partial charge in [-0.25, -0.2) is 0 Å². The largest absolute Gasteiger partial charge is 0.368 e. The summed E-state index contributed by atoms with van der Waals surface area (Å²) in [6, 6.07) is -0.0659. The molecule has 2 aliphatic rings. The molecule has 118 valence electrons. The minimum atomic E-state index is -0.580. The highest BCUT2D eigenvalue weighted by Gasteiger charge is 2.32. The van der Waals surface area contributed by atoms with Crippen LogP contribution in [0.2, 0.25) is 0 Å². The molecule has 2 aliphatic heterocycles. The Morgan fingerprint density at radius 3 is 2.24 bits per heavy atom. The van der Waals surface area contributed by atoms with Gasteiger partial charge in [-0.2, -0.15) is 0 Å². The standard InChI is InChI=1S/C14H23N3O4/c1-10(2)15-12(18)14(20)17-7-5-16(6-8-17)13(19)11-4-3-9-21-11/h10-11H,3-9H2,1-2H3,(H,15,18). The van der Waals surface area contributed by atoms with Gasteiger partial charge < -0.3 is 19.9 Å². The van der Waals surface area contributed by atoms with Crippen molar-refractivity contribution >= 4 is 17.7 Å². The molecule has 7 heteroatoms. The van der Waals surface area contributed by atoms with Gasteiger partial charge in [0.2, 0.25) is 0 Å². The van der Waals surface area contributed by atoms with Gasteiger partial charge in [0, 0.05) is 38.8 Å². The highest BCUT2D eigenvalue weighted by atomic mass is 16.5. The Hall–Kier alpha value is -1.63. The molecule has 0 aromatic heterocycles. The first-order chi connectivity index (χ1) is 9.99. The van der Waals surface area contributed by atoms with Gasteiger partial charge in [0.15, 0.2) is 0 Å². The second kappa shape index (κ2) is 6.89. The molecule has 0 aliphatic carbocycles. The summed E-state index contributed by atoms with van der Waals surface area (Å²) in [7, 11) is 0. The summed E-state index contributed by atoms with van der Waals surface area (Å²) in [4.78, 5) is 39.0. The van der Waals surface area contributed by atoms with Crippen LogP contribution in [-0.4, -0.2) is 72.5 Å². The number of carbonyl (C=O) groups is 3. The summed E-state index contributed by atoms with van der Waals surface area (Å²) < 4.78 is 5.39. The Morgan fingerprint density at radius 2 is 1.71 bits per heavy atom. The lowest BCUT2D eigenvalue weighted by Crippen LogP contribution is -2.55. The number of ether oxygens (including phenoxy) is 1. The molecule has 2 saturated heterocycles. The van der Waals surface area contributed by atoms with Gasteiger partial charge in [-0.15, -0.1) is 0 Å². The van der Waals surface area contributed by atoms with E-state index in [0.29, 0.717) is 32.8 Å². The third-order valence-corrected chi connectivity index (χ3v) is 3.70. The Balaban J connectivity index is 1.81. The number of amides is 3. The molecule has 2 heterocycles. The van der Waals surface area contributed by atoms with Crippen LogP contribution in [0.4, 0.5) is 0 Å². The SMILES string of the molecule is CC(C)NC(=O)C(=O)N1CCN(C(=O)C2CCCO2)CC1. The van der Waals surface area contributed by atoms with E-state index in [2.05, 4.69) is 5.32 Å². The van der Waals surface area contributed by atoms with Crippen LogP contribution in [0.3, 0.4) is 0 Å². The molecule has 7 nitrogen and oxygen atoms in total. The van der Waals surface area contributed by atoms with E-state index in [0.717, 1.165) is 12.8 Å².